The van der Waals surface area contributed by atoms with E-state index in [9.17, 15) is 13.6 Å². The zero-order valence-electron chi connectivity index (χ0n) is 10.1. The molecule has 1 aromatic heterocycles. The number of benzene rings is 1. The molecule has 0 saturated heterocycles. The molecule has 0 unspecified atom stereocenters. The lowest BCUT2D eigenvalue weighted by Crippen LogP contribution is -1.99. The van der Waals surface area contributed by atoms with Crippen LogP contribution < -0.4 is 4.74 Å². The highest BCUT2D eigenvalue weighted by Crippen LogP contribution is 2.32. The van der Waals surface area contributed by atoms with Gasteiger partial charge >= 0.3 is 5.97 Å². The van der Waals surface area contributed by atoms with Crippen molar-refractivity contribution in [1.82, 2.24) is 4.98 Å². The normalized spacial score (nSPS) is 10.8. The summed E-state index contributed by atoms with van der Waals surface area (Å²) in [5.41, 5.74) is -0.536. The molecule has 0 atom stereocenters. The lowest BCUT2D eigenvalue weighted by molar-refractivity contribution is 0.0647. The van der Waals surface area contributed by atoms with Gasteiger partial charge in [-0.15, -0.1) is 0 Å². The maximum atomic E-state index is 12.7. The van der Waals surface area contributed by atoms with Crippen molar-refractivity contribution in [2.75, 3.05) is 7.11 Å². The van der Waals surface area contributed by atoms with E-state index in [4.69, 9.17) is 14.3 Å². The van der Waals surface area contributed by atoms with E-state index in [1.807, 2.05) is 0 Å². The van der Waals surface area contributed by atoms with E-state index >= 15 is 0 Å². The van der Waals surface area contributed by atoms with E-state index < -0.39 is 23.8 Å². The fourth-order valence-corrected chi connectivity index (χ4v) is 2.10. The van der Waals surface area contributed by atoms with Gasteiger partial charge in [0, 0.05) is 5.56 Å². The molecule has 20 heavy (non-hydrogen) atoms. The number of aromatic carboxylic acids is 1. The van der Waals surface area contributed by atoms with Crippen LogP contribution in [0.5, 0.6) is 5.75 Å². The molecule has 0 aliphatic carbocycles. The van der Waals surface area contributed by atoms with Crippen molar-refractivity contribution in [1.29, 1.82) is 0 Å². The Kier molecular flexibility index (Phi) is 4.03. The highest BCUT2D eigenvalue weighted by molar-refractivity contribution is 9.10. The van der Waals surface area contributed by atoms with Gasteiger partial charge in [-0.1, -0.05) is 0 Å². The van der Waals surface area contributed by atoms with Gasteiger partial charge in [-0.05, 0) is 34.1 Å². The number of carbonyl (C=O) groups is 1. The molecule has 0 radical (unpaired) electrons. The summed E-state index contributed by atoms with van der Waals surface area (Å²) in [6.07, 6.45) is -3.03. The summed E-state index contributed by atoms with van der Waals surface area (Å²) in [5.74, 6) is -2.11. The van der Waals surface area contributed by atoms with Crippen LogP contribution >= 0.6 is 15.9 Å². The molecule has 0 fully saturated rings. The number of carboxylic acid groups (broad SMARTS) is 1. The molecular formula is C12H8BrF2NO4. The van der Waals surface area contributed by atoms with Gasteiger partial charge in [-0.3, -0.25) is 0 Å². The van der Waals surface area contributed by atoms with Gasteiger partial charge in [0.05, 0.1) is 11.6 Å². The van der Waals surface area contributed by atoms with Crippen LogP contribution in [-0.2, 0) is 0 Å². The first-order valence-electron chi connectivity index (χ1n) is 5.30. The summed E-state index contributed by atoms with van der Waals surface area (Å²) < 4.78 is 35.9. The Hall–Kier alpha value is -1.96. The summed E-state index contributed by atoms with van der Waals surface area (Å²) in [6, 6.07) is 4.63. The smallest absolute Gasteiger partial charge is 0.374 e. The van der Waals surface area contributed by atoms with Crippen molar-refractivity contribution in [3.63, 3.8) is 0 Å². The number of hydrogen-bond donors (Lipinski definition) is 1. The van der Waals surface area contributed by atoms with Crippen molar-refractivity contribution >= 4 is 21.9 Å². The van der Waals surface area contributed by atoms with E-state index in [0.717, 1.165) is 0 Å². The predicted octanol–water partition coefficient (Wildman–Crippen LogP) is 3.75. The molecule has 0 spiro atoms. The second-order valence-electron chi connectivity index (χ2n) is 3.69. The largest absolute Gasteiger partial charge is 0.496 e. The number of carboxylic acids is 1. The van der Waals surface area contributed by atoms with Gasteiger partial charge in [0.25, 0.3) is 6.43 Å². The molecule has 2 rings (SSSR count). The minimum absolute atomic E-state index is 0.193. The first-order valence-corrected chi connectivity index (χ1v) is 6.09. The number of nitrogens with zero attached hydrogens (tertiary/aromatic N) is 1. The number of oxazole rings is 1. The first kappa shape index (κ1) is 14.4. The fraction of sp³-hybridized carbons (Fsp3) is 0.167. The zero-order valence-corrected chi connectivity index (χ0v) is 11.6. The highest BCUT2D eigenvalue weighted by atomic mass is 79.9. The van der Waals surface area contributed by atoms with Crippen LogP contribution in [0.15, 0.2) is 27.1 Å². The van der Waals surface area contributed by atoms with Gasteiger partial charge in [0.1, 0.15) is 5.75 Å². The molecule has 8 heteroatoms. The van der Waals surface area contributed by atoms with Crippen LogP contribution in [0.4, 0.5) is 8.78 Å². The topological polar surface area (TPSA) is 72.6 Å². The van der Waals surface area contributed by atoms with Gasteiger partial charge in [-0.2, -0.15) is 0 Å². The zero-order chi connectivity index (χ0) is 14.9. The molecule has 1 aromatic carbocycles. The molecule has 0 aliphatic rings. The molecule has 1 N–H and O–H groups in total. The Morgan fingerprint density at radius 3 is 2.65 bits per heavy atom. The average molecular weight is 348 g/mol. The van der Waals surface area contributed by atoms with Gasteiger partial charge in [0.15, 0.2) is 5.69 Å². The minimum Gasteiger partial charge on any atom is -0.496 e. The minimum atomic E-state index is -3.03. The third-order valence-corrected chi connectivity index (χ3v) is 3.07. The van der Waals surface area contributed by atoms with Crippen molar-refractivity contribution in [3.8, 4) is 17.2 Å². The predicted molar refractivity (Wildman–Crippen MR) is 68.1 cm³/mol. The van der Waals surface area contributed by atoms with Crippen molar-refractivity contribution < 1.29 is 27.8 Å². The summed E-state index contributed by atoms with van der Waals surface area (Å²) >= 11 is 3.23. The number of aromatic nitrogens is 1. The van der Waals surface area contributed by atoms with Crippen LogP contribution in [0.25, 0.3) is 11.5 Å². The molecule has 5 nitrogen and oxygen atoms in total. The SMILES string of the molecule is COc1ccc(-c2nc(C(F)F)c(C(=O)O)o2)cc1Br. The second kappa shape index (κ2) is 5.58. The van der Waals surface area contributed by atoms with Crippen LogP contribution in [-0.4, -0.2) is 23.2 Å². The van der Waals surface area contributed by atoms with Crippen LogP contribution in [0.1, 0.15) is 22.7 Å². The maximum absolute atomic E-state index is 12.7. The lowest BCUT2D eigenvalue weighted by atomic mass is 10.2. The standard InChI is InChI=1S/C12H8BrF2NO4/c1-19-7-3-2-5(4-6(7)13)11-16-8(10(14)15)9(20-11)12(17)18/h2-4,10H,1H3,(H,17,18). The van der Waals surface area contributed by atoms with Gasteiger partial charge < -0.3 is 14.3 Å². The Labute approximate surface area is 120 Å². The first-order chi connectivity index (χ1) is 9.43. The Morgan fingerprint density at radius 2 is 2.20 bits per heavy atom. The number of ether oxygens (including phenoxy) is 1. The van der Waals surface area contributed by atoms with Crippen LogP contribution in [0, 0.1) is 0 Å². The fourth-order valence-electron chi connectivity index (χ4n) is 1.56. The van der Waals surface area contributed by atoms with Crippen LogP contribution in [0.2, 0.25) is 0 Å². The monoisotopic (exact) mass is 347 g/mol. The maximum Gasteiger partial charge on any atom is 0.374 e. The molecule has 2 aromatic rings. The molecule has 0 amide bonds. The number of hydrogen-bond acceptors (Lipinski definition) is 4. The van der Waals surface area contributed by atoms with E-state index in [0.29, 0.717) is 15.8 Å². The highest BCUT2D eigenvalue weighted by Gasteiger charge is 2.26. The molecule has 106 valence electrons. The van der Waals surface area contributed by atoms with Crippen molar-refractivity contribution in [3.05, 3.63) is 34.1 Å². The molecule has 0 saturated carbocycles. The molecule has 0 aliphatic heterocycles. The summed E-state index contributed by atoms with van der Waals surface area (Å²) in [6.45, 7) is 0. The van der Waals surface area contributed by atoms with Crippen molar-refractivity contribution in [2.24, 2.45) is 0 Å². The molecule has 1 heterocycles. The Balaban J connectivity index is 2.50. The second-order valence-corrected chi connectivity index (χ2v) is 4.54. The summed E-state index contributed by atoms with van der Waals surface area (Å²) in [4.78, 5) is 14.4. The lowest BCUT2D eigenvalue weighted by Gasteiger charge is -2.03. The Bertz CT molecular complexity index is 657. The average Bonchev–Trinajstić information content (AvgIpc) is 2.84. The van der Waals surface area contributed by atoms with Crippen molar-refractivity contribution in [2.45, 2.75) is 6.43 Å². The molecular weight excluding hydrogens is 340 g/mol. The Morgan fingerprint density at radius 1 is 1.50 bits per heavy atom. The third-order valence-electron chi connectivity index (χ3n) is 2.45. The van der Waals surface area contributed by atoms with E-state index in [1.165, 1.54) is 19.2 Å². The van der Waals surface area contributed by atoms with Gasteiger partial charge in [-0.25, -0.2) is 18.6 Å². The van der Waals surface area contributed by atoms with Gasteiger partial charge in [0.2, 0.25) is 11.7 Å². The number of halogens is 3. The van der Waals surface area contributed by atoms with E-state index in [-0.39, 0.29) is 5.89 Å². The number of alkyl halides is 2. The summed E-state index contributed by atoms with van der Waals surface area (Å²) in [7, 11) is 1.47. The molecule has 0 bridgehead atoms. The third kappa shape index (κ3) is 2.64. The number of rotatable bonds is 4. The van der Waals surface area contributed by atoms with E-state index in [2.05, 4.69) is 20.9 Å². The number of methoxy groups -OCH3 is 1. The van der Waals surface area contributed by atoms with Crippen LogP contribution in [0.3, 0.4) is 0 Å². The quantitative estimate of drug-likeness (QED) is 0.911. The summed E-state index contributed by atoms with van der Waals surface area (Å²) in [5, 5.41) is 8.82. The van der Waals surface area contributed by atoms with E-state index in [1.54, 1.807) is 6.07 Å².